The summed E-state index contributed by atoms with van der Waals surface area (Å²) < 4.78 is 0. The molecule has 2 atom stereocenters. The van der Waals surface area contributed by atoms with Gasteiger partial charge in [0.1, 0.15) is 0 Å². The summed E-state index contributed by atoms with van der Waals surface area (Å²) in [5.41, 5.74) is 1.66. The Hall–Kier alpha value is -1.81. The topological polar surface area (TPSA) is 65.1 Å². The van der Waals surface area contributed by atoms with Crippen molar-refractivity contribution in [2.75, 3.05) is 0 Å². The molecule has 0 aliphatic carbocycles. The quantitative estimate of drug-likeness (QED) is 0.773. The van der Waals surface area contributed by atoms with Gasteiger partial charge < -0.3 is 15.4 Å². The van der Waals surface area contributed by atoms with Crippen LogP contribution in [0.25, 0.3) is 10.9 Å². The summed E-state index contributed by atoms with van der Waals surface area (Å²) in [6.45, 7) is 3.61. The lowest BCUT2D eigenvalue weighted by molar-refractivity contribution is 0.0923. The largest absolute Gasteiger partial charge is 0.393 e. The van der Waals surface area contributed by atoms with Gasteiger partial charge in [0, 0.05) is 28.7 Å². The highest BCUT2D eigenvalue weighted by Crippen LogP contribution is 2.14. The fourth-order valence-corrected chi connectivity index (χ4v) is 2.07. The summed E-state index contributed by atoms with van der Waals surface area (Å²) >= 11 is 0. The van der Waals surface area contributed by atoms with Gasteiger partial charge in [-0.2, -0.15) is 0 Å². The number of amides is 1. The van der Waals surface area contributed by atoms with Crippen molar-refractivity contribution in [2.24, 2.45) is 0 Å². The molecule has 0 bridgehead atoms. The number of carbonyl (C=O) groups is 1. The Kier molecular flexibility index (Phi) is 3.67. The van der Waals surface area contributed by atoms with Crippen molar-refractivity contribution in [1.29, 1.82) is 0 Å². The summed E-state index contributed by atoms with van der Waals surface area (Å²) in [7, 11) is 0. The Morgan fingerprint density at radius 3 is 2.89 bits per heavy atom. The molecule has 4 nitrogen and oxygen atoms in total. The van der Waals surface area contributed by atoms with Crippen molar-refractivity contribution >= 4 is 16.8 Å². The van der Waals surface area contributed by atoms with Crippen LogP contribution in [-0.4, -0.2) is 28.1 Å². The van der Waals surface area contributed by atoms with Crippen LogP contribution >= 0.6 is 0 Å². The molecular formula is C14H18N2O2. The number of aliphatic hydroxyl groups is 1. The van der Waals surface area contributed by atoms with E-state index in [9.17, 15) is 9.90 Å². The fraction of sp³-hybridized carbons (Fsp3) is 0.357. The molecule has 1 aromatic heterocycles. The number of benzene rings is 1. The number of hydrogen-bond donors (Lipinski definition) is 3. The standard InChI is InChI=1S/C14H18N2O2/c1-9(7-10(2)17)16-14(18)12-3-4-13-11(8-12)5-6-15-13/h3-6,8-10,15,17H,7H2,1-2H3,(H,16,18). The number of aromatic amines is 1. The molecule has 0 spiro atoms. The Bertz CT molecular complexity index is 545. The Morgan fingerprint density at radius 1 is 1.39 bits per heavy atom. The van der Waals surface area contributed by atoms with Crippen LogP contribution in [-0.2, 0) is 0 Å². The first kappa shape index (κ1) is 12.6. The maximum absolute atomic E-state index is 12.0. The molecule has 0 aliphatic rings. The van der Waals surface area contributed by atoms with Crippen molar-refractivity contribution < 1.29 is 9.90 Å². The van der Waals surface area contributed by atoms with E-state index in [4.69, 9.17) is 0 Å². The summed E-state index contributed by atoms with van der Waals surface area (Å²) in [4.78, 5) is 15.1. The number of aromatic nitrogens is 1. The zero-order valence-electron chi connectivity index (χ0n) is 10.6. The molecule has 3 N–H and O–H groups in total. The fourth-order valence-electron chi connectivity index (χ4n) is 2.07. The zero-order chi connectivity index (χ0) is 13.1. The molecule has 1 amide bonds. The first-order valence-corrected chi connectivity index (χ1v) is 6.12. The molecule has 18 heavy (non-hydrogen) atoms. The SMILES string of the molecule is CC(O)CC(C)NC(=O)c1ccc2[nH]ccc2c1. The molecule has 0 saturated carbocycles. The van der Waals surface area contributed by atoms with Gasteiger partial charge in [-0.15, -0.1) is 0 Å². The van der Waals surface area contributed by atoms with Crippen LogP contribution in [0.1, 0.15) is 30.6 Å². The van der Waals surface area contributed by atoms with E-state index in [0.717, 1.165) is 10.9 Å². The molecule has 0 fully saturated rings. The van der Waals surface area contributed by atoms with Crippen LogP contribution in [0.4, 0.5) is 0 Å². The van der Waals surface area contributed by atoms with Crippen LogP contribution < -0.4 is 5.32 Å². The number of carbonyl (C=O) groups excluding carboxylic acids is 1. The van der Waals surface area contributed by atoms with E-state index in [1.165, 1.54) is 0 Å². The lowest BCUT2D eigenvalue weighted by Gasteiger charge is -2.15. The minimum absolute atomic E-state index is 0.0422. The Balaban J connectivity index is 2.08. The summed E-state index contributed by atoms with van der Waals surface area (Å²) in [5, 5.41) is 13.2. The van der Waals surface area contributed by atoms with Crippen LogP contribution in [0.3, 0.4) is 0 Å². The number of aliphatic hydroxyl groups excluding tert-OH is 1. The van der Waals surface area contributed by atoms with E-state index >= 15 is 0 Å². The maximum atomic E-state index is 12.0. The maximum Gasteiger partial charge on any atom is 0.251 e. The third-order valence-electron chi connectivity index (χ3n) is 2.89. The third kappa shape index (κ3) is 2.90. The molecule has 4 heteroatoms. The van der Waals surface area contributed by atoms with Crippen LogP contribution in [0, 0.1) is 0 Å². The van der Waals surface area contributed by atoms with E-state index < -0.39 is 6.10 Å². The Labute approximate surface area is 106 Å². The first-order chi connectivity index (χ1) is 8.56. The van der Waals surface area contributed by atoms with Crippen molar-refractivity contribution in [1.82, 2.24) is 10.3 Å². The summed E-state index contributed by atoms with van der Waals surface area (Å²) in [6, 6.07) is 7.44. The summed E-state index contributed by atoms with van der Waals surface area (Å²) in [6.07, 6.45) is 1.99. The molecule has 0 radical (unpaired) electrons. The molecule has 2 aromatic rings. The lowest BCUT2D eigenvalue weighted by Crippen LogP contribution is -2.34. The summed E-state index contributed by atoms with van der Waals surface area (Å²) in [5.74, 6) is -0.105. The minimum atomic E-state index is -0.410. The molecular weight excluding hydrogens is 228 g/mol. The Morgan fingerprint density at radius 2 is 2.17 bits per heavy atom. The molecule has 1 heterocycles. The number of rotatable bonds is 4. The smallest absolute Gasteiger partial charge is 0.251 e. The second kappa shape index (κ2) is 5.23. The van der Waals surface area contributed by atoms with Crippen LogP contribution in [0.5, 0.6) is 0 Å². The molecule has 96 valence electrons. The van der Waals surface area contributed by atoms with Gasteiger partial charge in [-0.3, -0.25) is 4.79 Å². The predicted octanol–water partition coefficient (Wildman–Crippen LogP) is 2.06. The van der Waals surface area contributed by atoms with Gasteiger partial charge in [0.15, 0.2) is 0 Å². The van der Waals surface area contributed by atoms with Crippen LogP contribution in [0.15, 0.2) is 30.5 Å². The predicted molar refractivity (Wildman–Crippen MR) is 71.5 cm³/mol. The van der Waals surface area contributed by atoms with E-state index in [2.05, 4.69) is 10.3 Å². The number of fused-ring (bicyclic) bond motifs is 1. The van der Waals surface area contributed by atoms with Gasteiger partial charge in [0.05, 0.1) is 6.10 Å². The zero-order valence-corrected chi connectivity index (χ0v) is 10.6. The van der Waals surface area contributed by atoms with Gasteiger partial charge in [-0.25, -0.2) is 0 Å². The molecule has 1 aromatic carbocycles. The van der Waals surface area contributed by atoms with E-state index in [1.54, 1.807) is 13.0 Å². The second-order valence-corrected chi connectivity index (χ2v) is 4.74. The number of H-pyrrole nitrogens is 1. The third-order valence-corrected chi connectivity index (χ3v) is 2.89. The monoisotopic (exact) mass is 246 g/mol. The van der Waals surface area contributed by atoms with Gasteiger partial charge in [-0.1, -0.05) is 0 Å². The van der Waals surface area contributed by atoms with E-state index in [0.29, 0.717) is 12.0 Å². The van der Waals surface area contributed by atoms with Crippen molar-refractivity contribution in [3.63, 3.8) is 0 Å². The normalized spacial score (nSPS) is 14.4. The van der Waals surface area contributed by atoms with E-state index in [-0.39, 0.29) is 11.9 Å². The van der Waals surface area contributed by atoms with Crippen molar-refractivity contribution in [3.05, 3.63) is 36.0 Å². The van der Waals surface area contributed by atoms with Crippen molar-refractivity contribution in [3.8, 4) is 0 Å². The lowest BCUT2D eigenvalue weighted by atomic mass is 10.1. The number of nitrogens with one attached hydrogen (secondary N) is 2. The second-order valence-electron chi connectivity index (χ2n) is 4.74. The molecule has 2 rings (SSSR count). The van der Waals surface area contributed by atoms with Crippen molar-refractivity contribution in [2.45, 2.75) is 32.4 Å². The molecule has 0 aliphatic heterocycles. The highest BCUT2D eigenvalue weighted by atomic mass is 16.3. The number of hydrogen-bond acceptors (Lipinski definition) is 2. The van der Waals surface area contributed by atoms with Crippen LogP contribution in [0.2, 0.25) is 0 Å². The first-order valence-electron chi connectivity index (χ1n) is 6.12. The van der Waals surface area contributed by atoms with Gasteiger partial charge in [0.25, 0.3) is 5.91 Å². The minimum Gasteiger partial charge on any atom is -0.393 e. The average Bonchev–Trinajstić information content (AvgIpc) is 2.74. The van der Waals surface area contributed by atoms with Gasteiger partial charge >= 0.3 is 0 Å². The van der Waals surface area contributed by atoms with Gasteiger partial charge in [-0.05, 0) is 44.5 Å². The van der Waals surface area contributed by atoms with Gasteiger partial charge in [0.2, 0.25) is 0 Å². The average molecular weight is 246 g/mol. The highest BCUT2D eigenvalue weighted by Gasteiger charge is 2.12. The van der Waals surface area contributed by atoms with E-state index in [1.807, 2.05) is 31.3 Å². The molecule has 2 unspecified atom stereocenters. The molecule has 0 saturated heterocycles. The highest BCUT2D eigenvalue weighted by molar-refractivity contribution is 5.98.